The van der Waals surface area contributed by atoms with Crippen LogP contribution in [0.15, 0.2) is 48.5 Å². The summed E-state index contributed by atoms with van der Waals surface area (Å²) < 4.78 is 4.16. The summed E-state index contributed by atoms with van der Waals surface area (Å²) in [7, 11) is 0. The molecule has 5 nitrogen and oxygen atoms in total. The highest BCUT2D eigenvalue weighted by Crippen LogP contribution is 2.16. The molecule has 2 aromatic carbocycles. The number of para-hydroxylation sites is 1. The van der Waals surface area contributed by atoms with E-state index in [0.29, 0.717) is 17.2 Å². The normalized spacial score (nSPS) is 10.5. The highest BCUT2D eigenvalue weighted by Gasteiger charge is 2.09. The molecule has 0 bridgehead atoms. The standard InChI is InChI=1S/C19H20N4OS/c1-3-17-21-19(25-23-17)22-18(24)15-10-8-14(9-11-15)12-20-16-7-5-4-6-13(16)2/h4-11,20H,3,12H2,1-2H3,(H,21,22,23,24). The topological polar surface area (TPSA) is 66.9 Å². The van der Waals surface area contributed by atoms with Gasteiger partial charge in [-0.2, -0.15) is 4.37 Å². The van der Waals surface area contributed by atoms with Gasteiger partial charge >= 0.3 is 0 Å². The Bertz CT molecular complexity index is 858. The van der Waals surface area contributed by atoms with Crippen molar-refractivity contribution in [3.63, 3.8) is 0 Å². The van der Waals surface area contributed by atoms with Crippen molar-refractivity contribution in [3.05, 3.63) is 71.0 Å². The van der Waals surface area contributed by atoms with Crippen LogP contribution in [0, 0.1) is 6.92 Å². The Balaban J connectivity index is 1.59. The van der Waals surface area contributed by atoms with Crippen LogP contribution in [0.3, 0.4) is 0 Å². The predicted molar refractivity (Wildman–Crippen MR) is 102 cm³/mol. The first-order chi connectivity index (χ1) is 12.2. The van der Waals surface area contributed by atoms with Gasteiger partial charge in [-0.3, -0.25) is 10.1 Å². The molecule has 25 heavy (non-hydrogen) atoms. The van der Waals surface area contributed by atoms with Crippen molar-refractivity contribution in [1.82, 2.24) is 9.36 Å². The Kier molecular flexibility index (Phi) is 5.40. The Morgan fingerprint density at radius 1 is 1.12 bits per heavy atom. The number of carbonyl (C=O) groups excluding carboxylic acids is 1. The van der Waals surface area contributed by atoms with Gasteiger partial charge in [0.05, 0.1) is 0 Å². The molecule has 0 radical (unpaired) electrons. The van der Waals surface area contributed by atoms with Crippen molar-refractivity contribution < 1.29 is 4.79 Å². The maximum absolute atomic E-state index is 12.3. The zero-order chi connectivity index (χ0) is 17.6. The van der Waals surface area contributed by atoms with Crippen LogP contribution in [-0.2, 0) is 13.0 Å². The predicted octanol–water partition coefficient (Wildman–Crippen LogP) is 4.27. The number of aryl methyl sites for hydroxylation is 2. The number of anilines is 2. The molecule has 6 heteroatoms. The average molecular weight is 352 g/mol. The first-order valence-corrected chi connectivity index (χ1v) is 8.95. The van der Waals surface area contributed by atoms with Gasteiger partial charge in [0, 0.05) is 35.7 Å². The van der Waals surface area contributed by atoms with Crippen LogP contribution >= 0.6 is 11.5 Å². The van der Waals surface area contributed by atoms with Crippen LogP contribution in [0.4, 0.5) is 10.8 Å². The van der Waals surface area contributed by atoms with Crippen LogP contribution in [0.25, 0.3) is 0 Å². The van der Waals surface area contributed by atoms with Gasteiger partial charge in [0.15, 0.2) is 0 Å². The molecular formula is C19H20N4OS. The Labute approximate surface area is 151 Å². The number of rotatable bonds is 6. The summed E-state index contributed by atoms with van der Waals surface area (Å²) in [5.74, 6) is 0.579. The lowest BCUT2D eigenvalue weighted by atomic mass is 10.1. The molecule has 0 saturated heterocycles. The molecule has 3 aromatic rings. The Morgan fingerprint density at radius 2 is 1.88 bits per heavy atom. The van der Waals surface area contributed by atoms with Gasteiger partial charge in [0.25, 0.3) is 5.91 Å². The zero-order valence-corrected chi connectivity index (χ0v) is 15.1. The second kappa shape index (κ2) is 7.90. The van der Waals surface area contributed by atoms with Gasteiger partial charge in [0.2, 0.25) is 5.13 Å². The van der Waals surface area contributed by atoms with E-state index in [9.17, 15) is 4.79 Å². The van der Waals surface area contributed by atoms with Crippen molar-refractivity contribution >= 4 is 28.3 Å². The van der Waals surface area contributed by atoms with Crippen molar-refractivity contribution in [2.75, 3.05) is 10.6 Å². The monoisotopic (exact) mass is 352 g/mol. The van der Waals surface area contributed by atoms with Crippen LogP contribution < -0.4 is 10.6 Å². The minimum Gasteiger partial charge on any atom is -0.381 e. The Hall–Kier alpha value is -2.73. The molecule has 1 amide bonds. The lowest BCUT2D eigenvalue weighted by molar-refractivity contribution is 0.102. The summed E-state index contributed by atoms with van der Waals surface area (Å²) in [5, 5.41) is 6.73. The molecule has 128 valence electrons. The van der Waals surface area contributed by atoms with Crippen molar-refractivity contribution in [3.8, 4) is 0 Å². The maximum atomic E-state index is 12.3. The molecule has 2 N–H and O–H groups in total. The van der Waals surface area contributed by atoms with Crippen LogP contribution in [-0.4, -0.2) is 15.3 Å². The number of hydrogen-bond donors (Lipinski definition) is 2. The molecule has 0 aliphatic heterocycles. The molecule has 0 spiro atoms. The fourth-order valence-corrected chi connectivity index (χ4v) is 3.01. The second-order valence-corrected chi connectivity index (χ2v) is 6.44. The van der Waals surface area contributed by atoms with E-state index in [2.05, 4.69) is 39.0 Å². The quantitative estimate of drug-likeness (QED) is 0.695. The van der Waals surface area contributed by atoms with E-state index in [1.165, 1.54) is 17.1 Å². The molecule has 0 fully saturated rings. The number of amides is 1. The molecular weight excluding hydrogens is 332 g/mol. The highest BCUT2D eigenvalue weighted by molar-refractivity contribution is 7.09. The van der Waals surface area contributed by atoms with E-state index < -0.39 is 0 Å². The first kappa shape index (κ1) is 17.1. The fraction of sp³-hybridized carbons (Fsp3) is 0.211. The van der Waals surface area contributed by atoms with Crippen LogP contribution in [0.5, 0.6) is 0 Å². The lowest BCUT2D eigenvalue weighted by Crippen LogP contribution is -2.12. The summed E-state index contributed by atoms with van der Waals surface area (Å²) in [5.41, 5.74) is 4.05. The summed E-state index contributed by atoms with van der Waals surface area (Å²) in [6.07, 6.45) is 0.759. The summed E-state index contributed by atoms with van der Waals surface area (Å²) >= 11 is 1.20. The highest BCUT2D eigenvalue weighted by atomic mass is 32.1. The molecule has 0 saturated carbocycles. The molecule has 0 aliphatic rings. The largest absolute Gasteiger partial charge is 0.381 e. The van der Waals surface area contributed by atoms with Gasteiger partial charge in [-0.15, -0.1) is 0 Å². The van der Waals surface area contributed by atoms with E-state index in [4.69, 9.17) is 0 Å². The molecule has 1 heterocycles. The van der Waals surface area contributed by atoms with Crippen molar-refractivity contribution in [2.45, 2.75) is 26.8 Å². The van der Waals surface area contributed by atoms with Gasteiger partial charge < -0.3 is 5.32 Å². The van der Waals surface area contributed by atoms with Crippen molar-refractivity contribution in [1.29, 1.82) is 0 Å². The van der Waals surface area contributed by atoms with E-state index >= 15 is 0 Å². The van der Waals surface area contributed by atoms with Crippen molar-refractivity contribution in [2.24, 2.45) is 0 Å². The summed E-state index contributed by atoms with van der Waals surface area (Å²) in [6.45, 7) is 4.77. The molecule has 0 unspecified atom stereocenters. The number of aromatic nitrogens is 2. The minimum absolute atomic E-state index is 0.169. The second-order valence-electron chi connectivity index (χ2n) is 5.69. The van der Waals surface area contributed by atoms with Crippen LogP contribution in [0.1, 0.15) is 34.2 Å². The van der Waals surface area contributed by atoms with E-state index in [0.717, 1.165) is 23.5 Å². The number of benzene rings is 2. The number of nitrogens with zero attached hydrogens (tertiary/aromatic N) is 2. The zero-order valence-electron chi connectivity index (χ0n) is 14.2. The van der Waals surface area contributed by atoms with E-state index in [-0.39, 0.29) is 5.91 Å². The maximum Gasteiger partial charge on any atom is 0.257 e. The summed E-state index contributed by atoms with van der Waals surface area (Å²) in [4.78, 5) is 16.5. The third-order valence-corrected chi connectivity index (χ3v) is 4.52. The minimum atomic E-state index is -0.169. The molecule has 1 aromatic heterocycles. The van der Waals surface area contributed by atoms with E-state index in [1.807, 2.05) is 43.3 Å². The van der Waals surface area contributed by atoms with Gasteiger partial charge in [-0.1, -0.05) is 37.3 Å². The lowest BCUT2D eigenvalue weighted by Gasteiger charge is -2.09. The van der Waals surface area contributed by atoms with Crippen LogP contribution in [0.2, 0.25) is 0 Å². The fourth-order valence-electron chi connectivity index (χ4n) is 2.36. The number of nitrogens with one attached hydrogen (secondary N) is 2. The molecule has 0 aliphatic carbocycles. The Morgan fingerprint density at radius 3 is 2.56 bits per heavy atom. The van der Waals surface area contributed by atoms with Gasteiger partial charge in [-0.05, 0) is 36.2 Å². The molecule has 3 rings (SSSR count). The number of hydrogen-bond acceptors (Lipinski definition) is 5. The SMILES string of the molecule is CCc1nsc(NC(=O)c2ccc(CNc3ccccc3C)cc2)n1. The first-order valence-electron chi connectivity index (χ1n) is 8.18. The third kappa shape index (κ3) is 4.42. The van der Waals surface area contributed by atoms with E-state index in [1.54, 1.807) is 0 Å². The number of carbonyl (C=O) groups is 1. The third-order valence-electron chi connectivity index (χ3n) is 3.85. The molecule has 0 atom stereocenters. The smallest absolute Gasteiger partial charge is 0.257 e. The summed E-state index contributed by atoms with van der Waals surface area (Å²) in [6, 6.07) is 15.7. The van der Waals surface area contributed by atoms with Gasteiger partial charge in [0.1, 0.15) is 5.82 Å². The van der Waals surface area contributed by atoms with Gasteiger partial charge in [-0.25, -0.2) is 4.98 Å². The average Bonchev–Trinajstić information content (AvgIpc) is 3.09.